The first-order chi connectivity index (χ1) is 22.9. The third-order valence-electron chi connectivity index (χ3n) is 8.20. The lowest BCUT2D eigenvalue weighted by molar-refractivity contribution is -0.133. The fraction of sp³-hybridized carbons (Fsp3) is 0.378. The number of hydrogen-bond acceptors (Lipinski definition) is 5. The molecule has 1 aliphatic rings. The molecule has 0 unspecified atom stereocenters. The molecule has 254 valence electrons. The summed E-state index contributed by atoms with van der Waals surface area (Å²) in [6.07, 6.45) is 0.925. The van der Waals surface area contributed by atoms with Crippen LogP contribution in [0.1, 0.15) is 56.5 Å². The first kappa shape index (κ1) is 35.8. The molecule has 0 aliphatic carbocycles. The van der Waals surface area contributed by atoms with Crippen molar-refractivity contribution >= 4 is 29.5 Å². The van der Waals surface area contributed by atoms with E-state index in [0.717, 1.165) is 5.56 Å². The molecule has 0 spiro atoms. The van der Waals surface area contributed by atoms with Crippen LogP contribution in [-0.2, 0) is 25.6 Å². The topological polar surface area (TPSA) is 137 Å². The van der Waals surface area contributed by atoms with E-state index in [-0.39, 0.29) is 24.4 Å². The van der Waals surface area contributed by atoms with Crippen molar-refractivity contribution in [3.8, 4) is 11.1 Å². The standard InChI is InChI=1S/C37H44FN5O5/c1-5-30-21-43(37(48)28-15-9-13-26(19-28)27-14-10-16-29(38)20-27)22-33(44)39-24(4)34(45)41-31(17-23(2)3)36(47)42-32(35(46)40-30)18-25-11-7-6-8-12-25/h6-16,19-20,23-24,30-32H,5,17-18,21-22H2,1-4H3,(H,39,44)(H,40,46)(H,41,45)(H,42,47)/t24-,30+,31+,32+/m1/s1. The van der Waals surface area contributed by atoms with Crippen molar-refractivity contribution in [2.24, 2.45) is 5.92 Å². The molecule has 0 bridgehead atoms. The summed E-state index contributed by atoms with van der Waals surface area (Å²) in [5, 5.41) is 11.2. The van der Waals surface area contributed by atoms with Crippen LogP contribution in [-0.4, -0.2) is 71.7 Å². The lowest BCUT2D eigenvalue weighted by Gasteiger charge is -2.29. The molecule has 1 aliphatic heterocycles. The molecular formula is C37H44FN5O5. The minimum Gasteiger partial charge on any atom is -0.350 e. The second kappa shape index (κ2) is 16.7. The zero-order chi connectivity index (χ0) is 34.8. The minimum absolute atomic E-state index is 0.0265. The zero-order valence-electron chi connectivity index (χ0n) is 27.8. The zero-order valence-corrected chi connectivity index (χ0v) is 27.8. The number of amides is 5. The van der Waals surface area contributed by atoms with Crippen LogP contribution in [0.15, 0.2) is 78.9 Å². The average molecular weight is 658 g/mol. The van der Waals surface area contributed by atoms with Crippen molar-refractivity contribution in [1.29, 1.82) is 0 Å². The Hall–Kier alpha value is -5.06. The van der Waals surface area contributed by atoms with E-state index in [1.807, 2.05) is 51.1 Å². The van der Waals surface area contributed by atoms with E-state index in [4.69, 9.17) is 0 Å². The number of rotatable bonds is 7. The van der Waals surface area contributed by atoms with Crippen molar-refractivity contribution in [2.75, 3.05) is 13.1 Å². The van der Waals surface area contributed by atoms with Gasteiger partial charge in [0.25, 0.3) is 5.91 Å². The molecule has 4 N–H and O–H groups in total. The van der Waals surface area contributed by atoms with Crippen molar-refractivity contribution in [2.45, 2.75) is 71.1 Å². The highest BCUT2D eigenvalue weighted by Gasteiger charge is 2.32. The Morgan fingerprint density at radius 2 is 1.46 bits per heavy atom. The predicted octanol–water partition coefficient (Wildman–Crippen LogP) is 3.61. The third kappa shape index (κ3) is 9.97. The van der Waals surface area contributed by atoms with Crippen LogP contribution in [0.2, 0.25) is 0 Å². The van der Waals surface area contributed by atoms with Gasteiger partial charge in [0.2, 0.25) is 23.6 Å². The quantitative estimate of drug-likeness (QED) is 0.308. The van der Waals surface area contributed by atoms with Gasteiger partial charge in [0.15, 0.2) is 0 Å². The van der Waals surface area contributed by atoms with Crippen molar-refractivity contribution in [3.05, 3.63) is 95.8 Å². The van der Waals surface area contributed by atoms with E-state index in [1.54, 1.807) is 36.4 Å². The van der Waals surface area contributed by atoms with Crippen LogP contribution >= 0.6 is 0 Å². The second-order valence-electron chi connectivity index (χ2n) is 12.6. The van der Waals surface area contributed by atoms with Gasteiger partial charge in [-0.25, -0.2) is 4.39 Å². The summed E-state index contributed by atoms with van der Waals surface area (Å²) >= 11 is 0. The third-order valence-corrected chi connectivity index (χ3v) is 8.20. The van der Waals surface area contributed by atoms with Gasteiger partial charge in [0, 0.05) is 24.6 Å². The number of halogens is 1. The van der Waals surface area contributed by atoms with Gasteiger partial charge in [-0.05, 0) is 66.6 Å². The summed E-state index contributed by atoms with van der Waals surface area (Å²) in [4.78, 5) is 69.2. The monoisotopic (exact) mass is 657 g/mol. The minimum atomic E-state index is -1.01. The Morgan fingerprint density at radius 3 is 2.12 bits per heavy atom. The molecule has 4 rings (SSSR count). The summed E-state index contributed by atoms with van der Waals surface area (Å²) in [6, 6.07) is 18.4. The molecule has 4 atom stereocenters. The molecular weight excluding hydrogens is 613 g/mol. The van der Waals surface area contributed by atoms with Gasteiger partial charge in [0.1, 0.15) is 23.9 Å². The molecule has 1 saturated heterocycles. The molecule has 5 amide bonds. The Kier molecular flexibility index (Phi) is 12.4. The second-order valence-corrected chi connectivity index (χ2v) is 12.6. The van der Waals surface area contributed by atoms with E-state index in [9.17, 15) is 28.4 Å². The molecule has 10 nitrogen and oxygen atoms in total. The van der Waals surface area contributed by atoms with Crippen molar-refractivity contribution in [3.63, 3.8) is 0 Å². The Balaban J connectivity index is 1.68. The summed E-state index contributed by atoms with van der Waals surface area (Å²) in [7, 11) is 0. The number of carbonyl (C=O) groups excluding carboxylic acids is 5. The molecule has 3 aromatic rings. The number of benzene rings is 3. The SMILES string of the molecule is CC[C@H]1CN(C(=O)c2cccc(-c3cccc(F)c3)c2)CC(=O)N[C@H](C)C(=O)N[C@@H](CC(C)C)C(=O)N[C@@H](Cc2ccccc2)C(=O)N1. The molecule has 1 fully saturated rings. The molecule has 1 heterocycles. The van der Waals surface area contributed by atoms with E-state index in [1.165, 1.54) is 24.0 Å². The molecule has 3 aromatic carbocycles. The smallest absolute Gasteiger partial charge is 0.254 e. The normalized spacial score (nSPS) is 21.3. The van der Waals surface area contributed by atoms with Crippen LogP contribution in [0.25, 0.3) is 11.1 Å². The van der Waals surface area contributed by atoms with Crippen molar-refractivity contribution < 1.29 is 28.4 Å². The van der Waals surface area contributed by atoms with E-state index < -0.39 is 66.1 Å². The van der Waals surface area contributed by atoms with Gasteiger partial charge in [-0.2, -0.15) is 0 Å². The van der Waals surface area contributed by atoms with E-state index >= 15 is 0 Å². The van der Waals surface area contributed by atoms with Crippen LogP contribution in [0.5, 0.6) is 0 Å². The molecule has 0 radical (unpaired) electrons. The first-order valence-corrected chi connectivity index (χ1v) is 16.3. The van der Waals surface area contributed by atoms with Crippen LogP contribution < -0.4 is 21.3 Å². The highest BCUT2D eigenvalue weighted by atomic mass is 19.1. The maximum atomic E-state index is 14.0. The fourth-order valence-corrected chi connectivity index (χ4v) is 5.60. The molecule has 0 aromatic heterocycles. The maximum absolute atomic E-state index is 14.0. The van der Waals surface area contributed by atoms with E-state index in [0.29, 0.717) is 24.0 Å². The van der Waals surface area contributed by atoms with Gasteiger partial charge < -0.3 is 26.2 Å². The number of carbonyl (C=O) groups is 5. The summed E-state index contributed by atoms with van der Waals surface area (Å²) < 4.78 is 14.0. The molecule has 48 heavy (non-hydrogen) atoms. The Morgan fingerprint density at radius 1 is 0.812 bits per heavy atom. The highest BCUT2D eigenvalue weighted by Crippen LogP contribution is 2.22. The van der Waals surface area contributed by atoms with Gasteiger partial charge in [0.05, 0.1) is 6.54 Å². The van der Waals surface area contributed by atoms with Gasteiger partial charge in [-0.3, -0.25) is 24.0 Å². The average Bonchev–Trinajstić information content (AvgIpc) is 3.06. The first-order valence-electron chi connectivity index (χ1n) is 16.3. The van der Waals surface area contributed by atoms with E-state index in [2.05, 4.69) is 21.3 Å². The fourth-order valence-electron chi connectivity index (χ4n) is 5.60. The summed E-state index contributed by atoms with van der Waals surface area (Å²) in [5.41, 5.74) is 2.29. The molecule has 11 heteroatoms. The maximum Gasteiger partial charge on any atom is 0.254 e. The lowest BCUT2D eigenvalue weighted by atomic mass is 10.0. The number of nitrogens with one attached hydrogen (secondary N) is 4. The highest BCUT2D eigenvalue weighted by molar-refractivity contribution is 5.99. The van der Waals surface area contributed by atoms with Gasteiger partial charge in [-0.1, -0.05) is 75.4 Å². The predicted molar refractivity (Wildman–Crippen MR) is 181 cm³/mol. The summed E-state index contributed by atoms with van der Waals surface area (Å²) in [6.45, 7) is 6.76. The largest absolute Gasteiger partial charge is 0.350 e. The Bertz CT molecular complexity index is 1610. The van der Waals surface area contributed by atoms with Crippen LogP contribution in [0.4, 0.5) is 4.39 Å². The lowest BCUT2D eigenvalue weighted by Crippen LogP contribution is -2.57. The van der Waals surface area contributed by atoms with Crippen molar-refractivity contribution in [1.82, 2.24) is 26.2 Å². The number of hydrogen-bond donors (Lipinski definition) is 4. The number of nitrogens with zero attached hydrogens (tertiary/aromatic N) is 1. The van der Waals surface area contributed by atoms with Gasteiger partial charge in [-0.15, -0.1) is 0 Å². The van der Waals surface area contributed by atoms with Crippen LogP contribution in [0.3, 0.4) is 0 Å². The summed E-state index contributed by atoms with van der Waals surface area (Å²) in [5.74, 6) is -2.98. The molecule has 0 saturated carbocycles. The van der Waals surface area contributed by atoms with Crippen LogP contribution in [0, 0.1) is 11.7 Å². The van der Waals surface area contributed by atoms with Gasteiger partial charge >= 0.3 is 0 Å². The Labute approximate surface area is 280 Å².